The van der Waals surface area contributed by atoms with Crippen molar-refractivity contribution in [1.82, 2.24) is 0 Å². The minimum Gasteiger partial charge on any atom is -0.423 e. The summed E-state index contributed by atoms with van der Waals surface area (Å²) < 4.78 is 5.21. The van der Waals surface area contributed by atoms with E-state index in [1.165, 1.54) is 0 Å². The van der Waals surface area contributed by atoms with E-state index < -0.39 is 7.12 Å². The van der Waals surface area contributed by atoms with Gasteiger partial charge in [-0.05, 0) is 41.7 Å². The summed E-state index contributed by atoms with van der Waals surface area (Å²) in [6.45, 7) is 4.56. The molecule has 0 aromatic heterocycles. The van der Waals surface area contributed by atoms with Gasteiger partial charge in [0.05, 0.1) is 5.69 Å². The molecule has 0 aliphatic carbocycles. The zero-order valence-electron chi connectivity index (χ0n) is 12.4. The summed E-state index contributed by atoms with van der Waals surface area (Å²) in [7, 11) is -0.845. The first-order valence-electron chi connectivity index (χ1n) is 7.23. The van der Waals surface area contributed by atoms with Crippen molar-refractivity contribution in [2.45, 2.75) is 20.3 Å². The number of anilines is 1. The van der Waals surface area contributed by atoms with Gasteiger partial charge >= 0.3 is 7.12 Å². The normalized spacial score (nSPS) is 12.8. The van der Waals surface area contributed by atoms with Gasteiger partial charge in [-0.2, -0.15) is 0 Å². The van der Waals surface area contributed by atoms with Crippen molar-refractivity contribution < 1.29 is 14.5 Å². The highest BCUT2D eigenvalue weighted by molar-refractivity contribution is 6.61. The van der Waals surface area contributed by atoms with E-state index in [0.29, 0.717) is 6.61 Å². The van der Waals surface area contributed by atoms with Gasteiger partial charge in [0.1, 0.15) is 0 Å². The minimum absolute atomic E-state index is 0.557. The van der Waals surface area contributed by atoms with Gasteiger partial charge in [0.25, 0.3) is 0 Å². The summed E-state index contributed by atoms with van der Waals surface area (Å²) in [6.07, 6.45) is 0.826. The zero-order valence-corrected chi connectivity index (χ0v) is 12.4. The second kappa shape index (κ2) is 7.71. The molecule has 4 nitrogen and oxygen atoms in total. The maximum Gasteiger partial charge on any atom is 0.491 e. The monoisotopic (exact) mass is 285 g/mol. The van der Waals surface area contributed by atoms with E-state index in [1.54, 1.807) is 0 Å². The number of rotatable bonds is 3. The second-order valence-electron chi connectivity index (χ2n) is 4.40. The molecule has 0 radical (unpaired) electrons. The lowest BCUT2D eigenvalue weighted by molar-refractivity contribution is 0.266. The van der Waals surface area contributed by atoms with E-state index in [9.17, 15) is 5.02 Å². The molecular formula is C16H20BNO3. The molecule has 110 valence electrons. The Morgan fingerprint density at radius 2 is 1.90 bits per heavy atom. The molecule has 1 aliphatic rings. The predicted molar refractivity (Wildman–Crippen MR) is 85.7 cm³/mol. The van der Waals surface area contributed by atoms with Gasteiger partial charge in [-0.3, -0.25) is 0 Å². The molecule has 5 heteroatoms. The molecule has 0 unspecified atom stereocenters. The summed E-state index contributed by atoms with van der Waals surface area (Å²) in [4.78, 5) is 5.45. The van der Waals surface area contributed by atoms with Crippen LogP contribution in [0.3, 0.4) is 0 Å². The molecule has 0 amide bonds. The number of hydrogen-bond acceptors (Lipinski definition) is 4. The summed E-state index contributed by atoms with van der Waals surface area (Å²) >= 11 is 0. The highest BCUT2D eigenvalue weighted by atomic mass is 16.6. The minimum atomic E-state index is -0.845. The number of para-hydroxylation sites is 1. The Morgan fingerprint density at radius 1 is 1.14 bits per heavy atom. The maximum atomic E-state index is 9.78. The standard InChI is InChI=1S/C14H14BNO3.C2H6/c17-15-14-10-12(7-6-11(14)8-9-18-15)16-19-13-4-2-1-3-5-13;1-2/h1-7,10,16-17H,8-9H2;1-2H3. The molecule has 0 atom stereocenters. The zero-order chi connectivity index (χ0) is 15.1. The van der Waals surface area contributed by atoms with Gasteiger partial charge in [0.2, 0.25) is 0 Å². The predicted octanol–water partition coefficient (Wildman–Crippen LogP) is 2.38. The largest absolute Gasteiger partial charge is 0.491 e. The Hall–Kier alpha value is -1.98. The van der Waals surface area contributed by atoms with Crippen molar-refractivity contribution in [3.63, 3.8) is 0 Å². The average Bonchev–Trinajstić information content (AvgIpc) is 2.56. The average molecular weight is 285 g/mol. The van der Waals surface area contributed by atoms with Crippen molar-refractivity contribution in [2.24, 2.45) is 0 Å². The lowest BCUT2D eigenvalue weighted by Crippen LogP contribution is -2.41. The SMILES string of the molecule is CC.OB1OCCc2ccc(NOc3ccccc3)cc21. The van der Waals surface area contributed by atoms with Crippen LogP contribution in [0.2, 0.25) is 0 Å². The summed E-state index contributed by atoms with van der Waals surface area (Å²) in [5.41, 5.74) is 5.56. The molecule has 0 fully saturated rings. The Labute approximate surface area is 125 Å². The Bertz CT molecular complexity index is 563. The van der Waals surface area contributed by atoms with E-state index >= 15 is 0 Å². The summed E-state index contributed by atoms with van der Waals surface area (Å²) in [5.74, 6) is 0.733. The summed E-state index contributed by atoms with van der Waals surface area (Å²) in [6, 6.07) is 15.2. The Kier molecular flexibility index (Phi) is 5.66. The molecule has 0 saturated heterocycles. The van der Waals surface area contributed by atoms with Gasteiger partial charge in [-0.1, -0.05) is 38.1 Å². The molecule has 2 aromatic carbocycles. The molecule has 0 spiro atoms. The molecular weight excluding hydrogens is 265 g/mol. The molecule has 3 rings (SSSR count). The second-order valence-corrected chi connectivity index (χ2v) is 4.40. The fraction of sp³-hybridized carbons (Fsp3) is 0.250. The van der Waals surface area contributed by atoms with Gasteiger partial charge in [-0.15, -0.1) is 0 Å². The molecule has 1 aliphatic heterocycles. The first-order valence-corrected chi connectivity index (χ1v) is 7.23. The topological polar surface area (TPSA) is 50.7 Å². The van der Waals surface area contributed by atoms with Crippen molar-refractivity contribution in [3.05, 3.63) is 54.1 Å². The lowest BCUT2D eigenvalue weighted by Gasteiger charge is -2.20. The van der Waals surface area contributed by atoms with Crippen LogP contribution in [0.1, 0.15) is 19.4 Å². The van der Waals surface area contributed by atoms with Gasteiger partial charge < -0.3 is 14.5 Å². The van der Waals surface area contributed by atoms with Crippen LogP contribution in [0.15, 0.2) is 48.5 Å². The summed E-state index contributed by atoms with van der Waals surface area (Å²) in [5, 5.41) is 9.78. The smallest absolute Gasteiger partial charge is 0.423 e. The van der Waals surface area contributed by atoms with Crippen LogP contribution in [0.4, 0.5) is 5.69 Å². The lowest BCUT2D eigenvalue weighted by atomic mass is 9.73. The van der Waals surface area contributed by atoms with Gasteiger partial charge in [-0.25, -0.2) is 5.48 Å². The number of fused-ring (bicyclic) bond motifs is 1. The van der Waals surface area contributed by atoms with Crippen molar-refractivity contribution in [1.29, 1.82) is 0 Å². The molecule has 0 bridgehead atoms. The van der Waals surface area contributed by atoms with Crippen LogP contribution >= 0.6 is 0 Å². The van der Waals surface area contributed by atoms with Crippen molar-refractivity contribution >= 4 is 18.3 Å². The fourth-order valence-electron chi connectivity index (χ4n) is 2.09. The van der Waals surface area contributed by atoms with Gasteiger partial charge in [0, 0.05) is 6.61 Å². The maximum absolute atomic E-state index is 9.78. The van der Waals surface area contributed by atoms with Crippen molar-refractivity contribution in [2.75, 3.05) is 12.1 Å². The number of nitrogens with one attached hydrogen (secondary N) is 1. The van der Waals surface area contributed by atoms with Crippen LogP contribution in [0, 0.1) is 0 Å². The van der Waals surface area contributed by atoms with Crippen LogP contribution in [-0.2, 0) is 11.1 Å². The molecule has 2 aromatic rings. The quantitative estimate of drug-likeness (QED) is 0.671. The Morgan fingerprint density at radius 3 is 2.67 bits per heavy atom. The van der Waals surface area contributed by atoms with E-state index in [1.807, 2.05) is 62.4 Å². The van der Waals surface area contributed by atoms with Crippen molar-refractivity contribution in [3.8, 4) is 5.75 Å². The third-order valence-electron chi connectivity index (χ3n) is 3.09. The van der Waals surface area contributed by atoms with Crippen LogP contribution in [0.25, 0.3) is 0 Å². The fourth-order valence-corrected chi connectivity index (χ4v) is 2.09. The number of benzene rings is 2. The highest BCUT2D eigenvalue weighted by Gasteiger charge is 2.24. The highest BCUT2D eigenvalue weighted by Crippen LogP contribution is 2.14. The van der Waals surface area contributed by atoms with Gasteiger partial charge in [0.15, 0.2) is 5.75 Å². The van der Waals surface area contributed by atoms with E-state index in [4.69, 9.17) is 9.49 Å². The van der Waals surface area contributed by atoms with E-state index in [2.05, 4.69) is 5.48 Å². The molecule has 0 saturated carbocycles. The Balaban J connectivity index is 0.000000774. The first-order chi connectivity index (χ1) is 10.3. The van der Waals surface area contributed by atoms with E-state index in [-0.39, 0.29) is 0 Å². The molecule has 21 heavy (non-hydrogen) atoms. The van der Waals surface area contributed by atoms with Crippen LogP contribution < -0.4 is 15.8 Å². The third-order valence-corrected chi connectivity index (χ3v) is 3.09. The number of hydrogen-bond donors (Lipinski definition) is 2. The molecule has 1 heterocycles. The third kappa shape index (κ3) is 4.00. The van der Waals surface area contributed by atoms with E-state index in [0.717, 1.165) is 28.9 Å². The van der Waals surface area contributed by atoms with Crippen LogP contribution in [-0.4, -0.2) is 18.7 Å². The first kappa shape index (κ1) is 15.4. The van der Waals surface area contributed by atoms with Crippen LogP contribution in [0.5, 0.6) is 5.75 Å². The molecule has 2 N–H and O–H groups in total.